The zero-order valence-corrected chi connectivity index (χ0v) is 21.8. The van der Waals surface area contributed by atoms with Gasteiger partial charge in [-0.2, -0.15) is 0 Å². The quantitative estimate of drug-likeness (QED) is 0.466. The number of esters is 1. The number of nitrogens with one attached hydrogen (secondary N) is 2. The molecule has 0 aromatic heterocycles. The van der Waals surface area contributed by atoms with E-state index in [9.17, 15) is 19.2 Å². The summed E-state index contributed by atoms with van der Waals surface area (Å²) < 4.78 is 15.2. The summed E-state index contributed by atoms with van der Waals surface area (Å²) >= 11 is 12.7. The molecule has 1 saturated heterocycles. The molecule has 1 aliphatic heterocycles. The number of anilines is 1. The number of alkyl carbamates (subject to hydrolysis) is 1. The van der Waals surface area contributed by atoms with E-state index in [1.165, 1.54) is 7.11 Å². The van der Waals surface area contributed by atoms with Crippen LogP contribution in [0, 0.1) is 0 Å². The molecule has 1 atom stereocenters. The second-order valence-corrected chi connectivity index (χ2v) is 9.68. The highest BCUT2D eigenvalue weighted by Crippen LogP contribution is 2.31. The maximum Gasteiger partial charge on any atom is 0.408 e. The molecule has 0 spiro atoms. The number of nitrogens with zero attached hydrogens (tertiary/aromatic N) is 1. The Morgan fingerprint density at radius 1 is 1.11 bits per heavy atom. The third-order valence-electron chi connectivity index (χ3n) is 4.96. The zero-order chi connectivity index (χ0) is 26.2. The average Bonchev–Trinajstić information content (AvgIpc) is 2.78. The number of carbonyl (C=O) groups is 4. The summed E-state index contributed by atoms with van der Waals surface area (Å²) in [5.74, 6) is -1.77. The molecule has 0 unspecified atom stereocenters. The molecule has 2 rings (SSSR count). The first-order valence-corrected chi connectivity index (χ1v) is 11.9. The van der Waals surface area contributed by atoms with Gasteiger partial charge in [0.15, 0.2) is 5.78 Å². The normalized spacial score (nSPS) is 14.6. The maximum absolute atomic E-state index is 12.9. The molecule has 1 aromatic carbocycles. The molecule has 194 valence electrons. The van der Waals surface area contributed by atoms with E-state index in [2.05, 4.69) is 10.6 Å². The minimum atomic E-state index is -1.12. The molecule has 35 heavy (non-hydrogen) atoms. The Morgan fingerprint density at radius 2 is 1.71 bits per heavy atom. The topological polar surface area (TPSA) is 123 Å². The van der Waals surface area contributed by atoms with Gasteiger partial charge < -0.3 is 29.7 Å². The van der Waals surface area contributed by atoms with Crippen molar-refractivity contribution in [2.75, 3.05) is 44.9 Å². The summed E-state index contributed by atoms with van der Waals surface area (Å²) in [4.78, 5) is 51.1. The molecule has 12 heteroatoms. The number of halogens is 2. The Balaban J connectivity index is 2.00. The number of amides is 2. The molecule has 2 N–H and O–H groups in total. The number of Topliss-reactive ketones (excluding diaryl/α,β-unsaturated/α-hetero) is 1. The minimum Gasteiger partial charge on any atom is -0.467 e. The SMILES string of the molecule is COC(=O)[C@H](CCC(=O)CNC(=O)OC(C)(C)C)NC(=O)c1c(Cl)cc(N2CCOCC2)cc1Cl. The number of benzene rings is 1. The lowest BCUT2D eigenvalue weighted by Crippen LogP contribution is -2.42. The summed E-state index contributed by atoms with van der Waals surface area (Å²) in [5.41, 5.74) is 0.0701. The third kappa shape index (κ3) is 9.19. The van der Waals surface area contributed by atoms with Crippen LogP contribution in [0.1, 0.15) is 44.0 Å². The average molecular weight is 532 g/mol. The van der Waals surface area contributed by atoms with Gasteiger partial charge in [0.1, 0.15) is 11.6 Å². The van der Waals surface area contributed by atoms with Crippen LogP contribution in [0.4, 0.5) is 10.5 Å². The number of methoxy groups -OCH3 is 1. The van der Waals surface area contributed by atoms with Crippen LogP contribution in [0.25, 0.3) is 0 Å². The van der Waals surface area contributed by atoms with Gasteiger partial charge >= 0.3 is 12.1 Å². The summed E-state index contributed by atoms with van der Waals surface area (Å²) in [7, 11) is 1.17. The van der Waals surface area contributed by atoms with E-state index < -0.39 is 29.6 Å². The van der Waals surface area contributed by atoms with Crippen molar-refractivity contribution in [3.63, 3.8) is 0 Å². The van der Waals surface area contributed by atoms with Crippen molar-refractivity contribution < 1.29 is 33.4 Å². The molecule has 10 nitrogen and oxygen atoms in total. The van der Waals surface area contributed by atoms with E-state index >= 15 is 0 Å². The number of hydrogen-bond acceptors (Lipinski definition) is 8. The molecular formula is C23H31Cl2N3O7. The van der Waals surface area contributed by atoms with Crippen molar-refractivity contribution in [2.45, 2.75) is 45.3 Å². The van der Waals surface area contributed by atoms with Crippen LogP contribution in [-0.2, 0) is 23.8 Å². The maximum atomic E-state index is 12.9. The lowest BCUT2D eigenvalue weighted by Gasteiger charge is -2.29. The predicted molar refractivity (Wildman–Crippen MR) is 131 cm³/mol. The van der Waals surface area contributed by atoms with Crippen LogP contribution < -0.4 is 15.5 Å². The first kappa shape index (κ1) is 28.7. The van der Waals surface area contributed by atoms with Crippen molar-refractivity contribution >= 4 is 52.6 Å². The molecule has 1 aromatic rings. The zero-order valence-electron chi connectivity index (χ0n) is 20.2. The van der Waals surface area contributed by atoms with Gasteiger partial charge in [-0.05, 0) is 39.3 Å². The molecule has 0 radical (unpaired) electrons. The van der Waals surface area contributed by atoms with Gasteiger partial charge in [-0.3, -0.25) is 9.59 Å². The van der Waals surface area contributed by atoms with Crippen LogP contribution in [0.15, 0.2) is 12.1 Å². The monoisotopic (exact) mass is 531 g/mol. The molecular weight excluding hydrogens is 501 g/mol. The Hall–Kier alpha value is -2.56. The number of morpholine rings is 1. The summed E-state index contributed by atoms with van der Waals surface area (Å²) in [6, 6.07) is 2.14. The van der Waals surface area contributed by atoms with E-state index in [0.717, 1.165) is 5.69 Å². The van der Waals surface area contributed by atoms with Gasteiger partial charge in [0.25, 0.3) is 5.91 Å². The van der Waals surface area contributed by atoms with E-state index in [4.69, 9.17) is 37.4 Å². The Labute approximate surface area is 214 Å². The lowest BCUT2D eigenvalue weighted by atomic mass is 10.1. The number of rotatable bonds is 9. The van der Waals surface area contributed by atoms with Crippen LogP contribution in [0.2, 0.25) is 10.0 Å². The van der Waals surface area contributed by atoms with Crippen molar-refractivity contribution in [3.05, 3.63) is 27.7 Å². The highest BCUT2D eigenvalue weighted by molar-refractivity contribution is 6.40. The fraction of sp³-hybridized carbons (Fsp3) is 0.565. The first-order valence-electron chi connectivity index (χ1n) is 11.1. The standard InChI is InChI=1S/C23H31Cl2N3O7/c1-23(2,3)35-22(32)26-13-15(29)5-6-18(21(31)33-4)27-20(30)19-16(24)11-14(12-17(19)25)28-7-9-34-10-8-28/h11-12,18H,5-10,13H2,1-4H3,(H,26,32)(H,27,30)/t18-/m0/s1. The number of ketones is 1. The molecule has 1 heterocycles. The third-order valence-corrected chi connectivity index (χ3v) is 5.56. The van der Waals surface area contributed by atoms with Crippen LogP contribution in [0.3, 0.4) is 0 Å². The van der Waals surface area contributed by atoms with Crippen LogP contribution in [0.5, 0.6) is 0 Å². The van der Waals surface area contributed by atoms with Crippen molar-refractivity contribution in [1.29, 1.82) is 0 Å². The largest absolute Gasteiger partial charge is 0.467 e. The minimum absolute atomic E-state index is 0.0113. The molecule has 0 bridgehead atoms. The van der Waals surface area contributed by atoms with Gasteiger partial charge in [-0.15, -0.1) is 0 Å². The summed E-state index contributed by atoms with van der Waals surface area (Å²) in [6.07, 6.45) is -0.879. The van der Waals surface area contributed by atoms with Gasteiger partial charge in [0, 0.05) is 25.2 Å². The van der Waals surface area contributed by atoms with Crippen LogP contribution >= 0.6 is 23.2 Å². The van der Waals surface area contributed by atoms with Gasteiger partial charge in [0.2, 0.25) is 0 Å². The summed E-state index contributed by atoms with van der Waals surface area (Å²) in [5, 5.41) is 5.14. The Morgan fingerprint density at radius 3 is 2.26 bits per heavy atom. The number of hydrogen-bond donors (Lipinski definition) is 2. The number of ether oxygens (including phenoxy) is 3. The molecule has 1 fully saturated rings. The predicted octanol–water partition coefficient (Wildman–Crippen LogP) is 2.98. The van der Waals surface area contributed by atoms with E-state index in [0.29, 0.717) is 26.3 Å². The van der Waals surface area contributed by atoms with E-state index in [1.807, 2.05) is 4.90 Å². The highest BCUT2D eigenvalue weighted by atomic mass is 35.5. The van der Waals surface area contributed by atoms with Gasteiger partial charge in [-0.1, -0.05) is 23.2 Å². The number of carbonyl (C=O) groups excluding carboxylic acids is 4. The highest BCUT2D eigenvalue weighted by Gasteiger charge is 2.26. The van der Waals surface area contributed by atoms with Gasteiger partial charge in [-0.25, -0.2) is 9.59 Å². The fourth-order valence-electron chi connectivity index (χ4n) is 3.28. The van der Waals surface area contributed by atoms with Crippen molar-refractivity contribution in [3.8, 4) is 0 Å². The van der Waals surface area contributed by atoms with E-state index in [1.54, 1.807) is 32.9 Å². The lowest BCUT2D eigenvalue weighted by molar-refractivity contribution is -0.143. The van der Waals surface area contributed by atoms with Gasteiger partial charge in [0.05, 0.1) is 42.5 Å². The fourth-order valence-corrected chi connectivity index (χ4v) is 3.93. The second-order valence-electron chi connectivity index (χ2n) is 8.87. The Bertz CT molecular complexity index is 921. The van der Waals surface area contributed by atoms with Crippen molar-refractivity contribution in [2.24, 2.45) is 0 Å². The smallest absolute Gasteiger partial charge is 0.408 e. The molecule has 2 amide bonds. The molecule has 1 aliphatic rings. The molecule has 0 aliphatic carbocycles. The molecule has 0 saturated carbocycles. The second kappa shape index (κ2) is 12.9. The van der Waals surface area contributed by atoms with E-state index in [-0.39, 0.29) is 40.8 Å². The van der Waals surface area contributed by atoms with Crippen molar-refractivity contribution in [1.82, 2.24) is 10.6 Å². The first-order chi connectivity index (χ1) is 16.4. The van der Waals surface area contributed by atoms with Crippen LogP contribution in [-0.4, -0.2) is 75.4 Å². The summed E-state index contributed by atoms with van der Waals surface area (Å²) in [6.45, 7) is 7.30. The Kier molecular flexibility index (Phi) is 10.6.